The van der Waals surface area contributed by atoms with Crippen LogP contribution >= 0.6 is 0 Å². The number of nitrogens with zero attached hydrogens (tertiary/aromatic N) is 4. The molecular formula is C46H74N6O16S. The van der Waals surface area contributed by atoms with Crippen molar-refractivity contribution < 1.29 is 75.0 Å². The van der Waals surface area contributed by atoms with Gasteiger partial charge in [0, 0.05) is 62.9 Å². The second-order valence-electron chi connectivity index (χ2n) is 15.4. The minimum absolute atomic E-state index is 0.0714. The first kappa shape index (κ1) is 59.1. The summed E-state index contributed by atoms with van der Waals surface area (Å²) in [6.07, 6.45) is 5.89. The Balaban J connectivity index is 1.04. The molecule has 0 aliphatic carbocycles. The lowest BCUT2D eigenvalue weighted by molar-refractivity contribution is -0.141. The van der Waals surface area contributed by atoms with Gasteiger partial charge in [-0.05, 0) is 31.1 Å². The van der Waals surface area contributed by atoms with Crippen LogP contribution in [0.5, 0.6) is 0 Å². The van der Waals surface area contributed by atoms with Crippen molar-refractivity contribution in [2.45, 2.75) is 38.0 Å². The number of nitrogens with one attached hydrogen (secondary N) is 1. The Morgan fingerprint density at radius 3 is 1.51 bits per heavy atom. The summed E-state index contributed by atoms with van der Waals surface area (Å²) in [6, 6.07) is 4.66. The second-order valence-corrected chi connectivity index (χ2v) is 17.4. The summed E-state index contributed by atoms with van der Waals surface area (Å²) in [5.74, 6) is -1.28. The van der Waals surface area contributed by atoms with Gasteiger partial charge in [0.25, 0.3) is 11.8 Å². The van der Waals surface area contributed by atoms with Gasteiger partial charge in [0.15, 0.2) is 0 Å². The van der Waals surface area contributed by atoms with Crippen LogP contribution in [0.4, 0.5) is 5.69 Å². The molecule has 2 aliphatic heterocycles. The van der Waals surface area contributed by atoms with Gasteiger partial charge in [-0.15, -0.1) is 0 Å². The smallest absolute Gasteiger partial charge is 0.254 e. The maximum absolute atomic E-state index is 13.4. The number of likely N-dealkylation sites (N-methyl/N-ethyl adjacent to an activating group) is 1. The van der Waals surface area contributed by atoms with Crippen LogP contribution in [0, 0.1) is 0 Å². The molecule has 0 atom stereocenters. The molecule has 0 radical (unpaired) electrons. The standard InChI is InChI=1S/C46H74N6O16S/c1-4-11-51(12-5-2)46(56)39-34-38-6-7-40(36-41(38)49-42(47)35-39)69(57,58)50(3)13-15-60-17-19-62-21-23-64-25-27-66-29-31-68-33-32-67-30-28-65-26-24-63-22-20-61-18-16-59-14-10-48-43(53)37-52-44(54)8-9-45(52)55/h6-9,34,36H,4-5,10-33,35,37H2,1-3H3,(H2,47,49)(H,48,53). The fraction of sp³-hybridized carbons (Fsp3) is 0.674. The van der Waals surface area contributed by atoms with E-state index in [9.17, 15) is 27.6 Å². The highest BCUT2D eigenvalue weighted by atomic mass is 32.2. The zero-order valence-electron chi connectivity index (χ0n) is 40.6. The highest BCUT2D eigenvalue weighted by Crippen LogP contribution is 2.30. The minimum Gasteiger partial charge on any atom is -0.387 e. The van der Waals surface area contributed by atoms with Crippen molar-refractivity contribution in [3.63, 3.8) is 0 Å². The van der Waals surface area contributed by atoms with Crippen LogP contribution in [0.15, 0.2) is 45.8 Å². The lowest BCUT2D eigenvalue weighted by Crippen LogP contribution is -2.41. The SMILES string of the molecule is CCCN(CCC)C(=O)C1=Cc2ccc(S(=O)(=O)N(C)CCOCCOCCOCCOCCOCCOCCOCCOCCOCCOCCNC(=O)CN3C(=O)C=CC3=O)cc2N=C(N)C1. The Labute approximate surface area is 406 Å². The average molecular weight is 999 g/mol. The van der Waals surface area contributed by atoms with Crippen LogP contribution < -0.4 is 11.1 Å². The molecule has 390 valence electrons. The molecule has 0 fully saturated rings. The van der Waals surface area contributed by atoms with E-state index in [0.717, 1.165) is 29.9 Å². The molecule has 0 bridgehead atoms. The summed E-state index contributed by atoms with van der Waals surface area (Å²) in [4.78, 5) is 55.2. The van der Waals surface area contributed by atoms with Crippen LogP contribution in [0.25, 0.3) is 6.08 Å². The van der Waals surface area contributed by atoms with Gasteiger partial charge < -0.3 is 63.3 Å². The molecule has 0 saturated heterocycles. The average Bonchev–Trinajstić information content (AvgIpc) is 3.53. The number of hydrogen-bond acceptors (Lipinski definition) is 18. The van der Waals surface area contributed by atoms with Gasteiger partial charge in [-0.2, -0.15) is 4.31 Å². The van der Waals surface area contributed by atoms with E-state index in [0.29, 0.717) is 149 Å². The number of amidine groups is 1. The molecule has 3 N–H and O–H groups in total. The third kappa shape index (κ3) is 24.4. The first-order valence-electron chi connectivity index (χ1n) is 23.5. The van der Waals surface area contributed by atoms with Gasteiger partial charge in [0.2, 0.25) is 21.8 Å². The number of carbonyl (C=O) groups excluding carboxylic acids is 4. The number of imide groups is 1. The number of aliphatic imine (C=N–C) groups is 1. The lowest BCUT2D eigenvalue weighted by Gasteiger charge is -2.22. The van der Waals surface area contributed by atoms with Gasteiger partial charge in [0.05, 0.1) is 143 Å². The van der Waals surface area contributed by atoms with Crippen LogP contribution in [0.1, 0.15) is 38.7 Å². The number of rotatable bonds is 42. The number of sulfonamides is 1. The zero-order valence-corrected chi connectivity index (χ0v) is 41.4. The van der Waals surface area contributed by atoms with Crippen molar-refractivity contribution in [2.24, 2.45) is 10.7 Å². The molecule has 22 nitrogen and oxygen atoms in total. The molecule has 69 heavy (non-hydrogen) atoms. The zero-order chi connectivity index (χ0) is 50.0. The van der Waals surface area contributed by atoms with E-state index in [1.807, 2.05) is 18.7 Å². The van der Waals surface area contributed by atoms with E-state index in [4.69, 9.17) is 53.1 Å². The maximum Gasteiger partial charge on any atom is 0.254 e. The number of benzene rings is 1. The lowest BCUT2D eigenvalue weighted by atomic mass is 10.1. The Morgan fingerprint density at radius 2 is 1.07 bits per heavy atom. The molecule has 2 heterocycles. The second kappa shape index (κ2) is 35.8. The third-order valence-corrected chi connectivity index (χ3v) is 11.7. The molecule has 4 amide bonds. The predicted molar refractivity (Wildman–Crippen MR) is 254 cm³/mol. The van der Waals surface area contributed by atoms with E-state index in [2.05, 4.69) is 10.3 Å². The van der Waals surface area contributed by atoms with E-state index in [1.54, 1.807) is 12.1 Å². The van der Waals surface area contributed by atoms with E-state index in [-0.39, 0.29) is 55.9 Å². The van der Waals surface area contributed by atoms with Crippen molar-refractivity contribution in [1.29, 1.82) is 0 Å². The number of hydrogen-bond donors (Lipinski definition) is 2. The van der Waals surface area contributed by atoms with Gasteiger partial charge >= 0.3 is 0 Å². The van der Waals surface area contributed by atoms with Crippen molar-refractivity contribution in [1.82, 2.24) is 19.4 Å². The van der Waals surface area contributed by atoms with Gasteiger partial charge in [-0.3, -0.25) is 24.1 Å². The molecule has 1 aromatic rings. The minimum atomic E-state index is -3.84. The fourth-order valence-electron chi connectivity index (χ4n) is 6.35. The number of ether oxygens (including phenoxy) is 10. The summed E-state index contributed by atoms with van der Waals surface area (Å²) >= 11 is 0. The number of carbonyl (C=O) groups is 4. The van der Waals surface area contributed by atoms with Crippen molar-refractivity contribution in [3.05, 3.63) is 41.5 Å². The third-order valence-electron chi connectivity index (χ3n) is 9.89. The van der Waals surface area contributed by atoms with Crippen molar-refractivity contribution in [2.75, 3.05) is 172 Å². The highest BCUT2D eigenvalue weighted by Gasteiger charge is 2.26. The summed E-state index contributed by atoms with van der Waals surface area (Å²) < 4.78 is 82.8. The van der Waals surface area contributed by atoms with E-state index >= 15 is 0 Å². The maximum atomic E-state index is 13.4. The molecule has 0 unspecified atom stereocenters. The summed E-state index contributed by atoms with van der Waals surface area (Å²) in [5.41, 5.74) is 7.74. The van der Waals surface area contributed by atoms with Crippen LogP contribution in [0.2, 0.25) is 0 Å². The molecule has 3 rings (SSSR count). The van der Waals surface area contributed by atoms with Crippen molar-refractivity contribution >= 4 is 51.3 Å². The molecule has 0 aromatic heterocycles. The fourth-order valence-corrected chi connectivity index (χ4v) is 7.53. The predicted octanol–water partition coefficient (Wildman–Crippen LogP) is 0.939. The number of amides is 4. The molecule has 1 aromatic carbocycles. The summed E-state index contributed by atoms with van der Waals surface area (Å²) in [5, 5.41) is 2.59. The highest BCUT2D eigenvalue weighted by molar-refractivity contribution is 7.89. The normalized spacial score (nSPS) is 13.8. The van der Waals surface area contributed by atoms with Gasteiger partial charge in [0.1, 0.15) is 12.4 Å². The van der Waals surface area contributed by atoms with E-state index < -0.39 is 27.7 Å². The molecule has 0 saturated carbocycles. The summed E-state index contributed by atoms with van der Waals surface area (Å²) in [6.45, 7) is 13.1. The van der Waals surface area contributed by atoms with Crippen molar-refractivity contribution in [3.8, 4) is 0 Å². The molecule has 0 spiro atoms. The van der Waals surface area contributed by atoms with E-state index in [1.165, 1.54) is 23.5 Å². The van der Waals surface area contributed by atoms with Crippen LogP contribution in [-0.4, -0.2) is 224 Å². The summed E-state index contributed by atoms with van der Waals surface area (Å²) in [7, 11) is -2.35. The first-order valence-corrected chi connectivity index (χ1v) is 24.9. The topological polar surface area (TPSA) is 255 Å². The van der Waals surface area contributed by atoms with Crippen LogP contribution in [-0.2, 0) is 76.6 Å². The molecule has 23 heteroatoms. The quantitative estimate of drug-likeness (QED) is 0.0683. The molecule has 2 aliphatic rings. The Morgan fingerprint density at radius 1 is 0.652 bits per heavy atom. The number of nitrogens with two attached hydrogens (primary N) is 1. The largest absolute Gasteiger partial charge is 0.387 e. The Kier molecular flexibility index (Phi) is 30.6. The molecular weight excluding hydrogens is 925 g/mol. The van der Waals surface area contributed by atoms with Gasteiger partial charge in [-0.25, -0.2) is 13.4 Å². The van der Waals surface area contributed by atoms with Crippen LogP contribution in [0.3, 0.4) is 0 Å². The first-order chi connectivity index (χ1) is 33.5. The monoisotopic (exact) mass is 998 g/mol. The Bertz CT molecular complexity index is 1860. The Hall–Kier alpha value is -4.24. The number of fused-ring (bicyclic) bond motifs is 1. The van der Waals surface area contributed by atoms with Gasteiger partial charge in [-0.1, -0.05) is 19.9 Å².